The van der Waals surface area contributed by atoms with Crippen LogP contribution in [0.2, 0.25) is 0 Å². The Hall–Kier alpha value is -2.56. The Labute approximate surface area is 123 Å². The summed E-state index contributed by atoms with van der Waals surface area (Å²) in [5, 5.41) is 3.19. The van der Waals surface area contributed by atoms with Gasteiger partial charge in [-0.2, -0.15) is 0 Å². The zero-order valence-corrected chi connectivity index (χ0v) is 12.6. The van der Waals surface area contributed by atoms with Crippen LogP contribution in [0.5, 0.6) is 0 Å². The number of carbonyl (C=O) groups is 1. The molecule has 0 bridgehead atoms. The van der Waals surface area contributed by atoms with Crippen molar-refractivity contribution in [3.63, 3.8) is 0 Å². The Balaban J connectivity index is 2.86. The smallest absolute Gasteiger partial charge is 0.340 e. The average molecular weight is 285 g/mol. The normalized spacial score (nSPS) is 10.6. The molecule has 0 aliphatic heterocycles. The second kappa shape index (κ2) is 5.44. The Morgan fingerprint density at radius 3 is 2.38 bits per heavy atom. The van der Waals surface area contributed by atoms with Crippen LogP contribution in [0.25, 0.3) is 16.7 Å². The third kappa shape index (κ3) is 2.42. The molecule has 2 aromatic rings. The molecular weight excluding hydrogens is 266 g/mol. The van der Waals surface area contributed by atoms with Crippen molar-refractivity contribution in [2.75, 3.05) is 11.9 Å². The lowest BCUT2D eigenvalue weighted by molar-refractivity contribution is 0.0956. The zero-order chi connectivity index (χ0) is 15.7. The van der Waals surface area contributed by atoms with E-state index in [1.165, 1.54) is 4.57 Å². The van der Waals surface area contributed by atoms with Crippen molar-refractivity contribution in [2.45, 2.75) is 20.8 Å². The monoisotopic (exact) mass is 285 g/mol. The van der Waals surface area contributed by atoms with Crippen molar-refractivity contribution < 1.29 is 4.79 Å². The number of hydrogen-bond donors (Lipinski definition) is 1. The first kappa shape index (κ1) is 14.8. The minimum atomic E-state index is -0.417. The summed E-state index contributed by atoms with van der Waals surface area (Å²) < 4.78 is 2.58. The van der Waals surface area contributed by atoms with E-state index in [1.54, 1.807) is 19.9 Å². The maximum Gasteiger partial charge on any atom is 0.340 e. The number of benzene rings is 1. The largest absolute Gasteiger partial charge is 0.385 e. The van der Waals surface area contributed by atoms with Crippen LogP contribution in [0.15, 0.2) is 41.7 Å². The maximum absolute atomic E-state index is 12.5. The minimum Gasteiger partial charge on any atom is -0.385 e. The predicted octanol–water partition coefficient (Wildman–Crippen LogP) is 2.94. The average Bonchev–Trinajstić information content (AvgIpc) is 2.69. The lowest BCUT2D eigenvalue weighted by Gasteiger charge is -2.05. The van der Waals surface area contributed by atoms with E-state index in [4.69, 9.17) is 0 Å². The van der Waals surface area contributed by atoms with Crippen LogP contribution in [0, 0.1) is 0 Å². The summed E-state index contributed by atoms with van der Waals surface area (Å²) in [4.78, 5) is 24.8. The van der Waals surface area contributed by atoms with Gasteiger partial charge >= 0.3 is 5.69 Å². The Bertz CT molecular complexity index is 809. The summed E-state index contributed by atoms with van der Waals surface area (Å²) in [5.74, 6) is -0.402. The van der Waals surface area contributed by atoms with Crippen LogP contribution >= 0.6 is 0 Å². The molecule has 110 valence electrons. The molecule has 0 aliphatic rings. The van der Waals surface area contributed by atoms with Gasteiger partial charge in [-0.05, 0) is 39.0 Å². The first-order valence-electron chi connectivity index (χ1n) is 6.76. The maximum atomic E-state index is 12.5. The molecule has 5 nitrogen and oxygen atoms in total. The summed E-state index contributed by atoms with van der Waals surface area (Å²) in [5.41, 5.74) is 2.55. The highest BCUT2D eigenvalue weighted by Crippen LogP contribution is 2.21. The standard InChI is InChI=1S/C16H19N3O2/c1-6-17-12-7-8-13-14(9-12)18(11(4)5)16(21)19(13)15(20)10(2)3/h7-9,17H,2,4,6H2,1,3,5H3. The van der Waals surface area contributed by atoms with Gasteiger partial charge < -0.3 is 5.32 Å². The molecule has 5 heteroatoms. The summed E-state index contributed by atoms with van der Waals surface area (Å²) in [6, 6.07) is 5.45. The highest BCUT2D eigenvalue weighted by molar-refractivity contribution is 6.01. The molecule has 0 unspecified atom stereocenters. The number of anilines is 1. The molecule has 0 aliphatic carbocycles. The molecular formula is C16H19N3O2. The van der Waals surface area contributed by atoms with E-state index in [2.05, 4.69) is 18.5 Å². The second-order valence-electron chi connectivity index (χ2n) is 5.01. The fourth-order valence-electron chi connectivity index (χ4n) is 2.27. The molecule has 0 atom stereocenters. The highest BCUT2D eigenvalue weighted by atomic mass is 16.2. The van der Waals surface area contributed by atoms with E-state index in [-0.39, 0.29) is 0 Å². The highest BCUT2D eigenvalue weighted by Gasteiger charge is 2.19. The van der Waals surface area contributed by atoms with Crippen molar-refractivity contribution in [2.24, 2.45) is 0 Å². The Morgan fingerprint density at radius 1 is 1.19 bits per heavy atom. The Morgan fingerprint density at radius 2 is 1.86 bits per heavy atom. The number of rotatable bonds is 4. The molecule has 1 aromatic heterocycles. The van der Waals surface area contributed by atoms with Crippen molar-refractivity contribution in [1.29, 1.82) is 0 Å². The SMILES string of the molecule is C=C(C)C(=O)n1c(=O)n(C(=C)C)c2cc(NCC)ccc21. The third-order valence-electron chi connectivity index (χ3n) is 3.17. The second-order valence-corrected chi connectivity index (χ2v) is 5.01. The number of imidazole rings is 1. The molecule has 0 saturated heterocycles. The van der Waals surface area contributed by atoms with Gasteiger partial charge in [-0.15, -0.1) is 0 Å². The van der Waals surface area contributed by atoms with Crippen molar-refractivity contribution in [1.82, 2.24) is 9.13 Å². The van der Waals surface area contributed by atoms with Crippen LogP contribution in [0.4, 0.5) is 5.69 Å². The summed E-state index contributed by atoms with van der Waals surface area (Å²) in [6.07, 6.45) is 0. The van der Waals surface area contributed by atoms with Gasteiger partial charge in [0.2, 0.25) is 0 Å². The molecule has 0 fully saturated rings. The lowest BCUT2D eigenvalue weighted by atomic mass is 10.2. The van der Waals surface area contributed by atoms with Crippen LogP contribution in [-0.4, -0.2) is 21.6 Å². The van der Waals surface area contributed by atoms with E-state index in [9.17, 15) is 9.59 Å². The van der Waals surface area contributed by atoms with E-state index < -0.39 is 11.6 Å². The molecule has 2 rings (SSSR count). The van der Waals surface area contributed by atoms with Gasteiger partial charge in [0.05, 0.1) is 11.0 Å². The number of fused-ring (bicyclic) bond motifs is 1. The van der Waals surface area contributed by atoms with E-state index in [1.807, 2.05) is 19.1 Å². The topological polar surface area (TPSA) is 56.0 Å². The van der Waals surface area contributed by atoms with Gasteiger partial charge in [-0.1, -0.05) is 13.2 Å². The molecule has 0 amide bonds. The van der Waals surface area contributed by atoms with Crippen LogP contribution in [-0.2, 0) is 0 Å². The third-order valence-corrected chi connectivity index (χ3v) is 3.17. The van der Waals surface area contributed by atoms with E-state index in [0.717, 1.165) is 16.8 Å². The summed E-state index contributed by atoms with van der Waals surface area (Å²) in [7, 11) is 0. The van der Waals surface area contributed by atoms with Crippen molar-refractivity contribution in [3.05, 3.63) is 47.4 Å². The van der Waals surface area contributed by atoms with Crippen LogP contribution < -0.4 is 11.0 Å². The lowest BCUT2D eigenvalue weighted by Crippen LogP contribution is -2.28. The minimum absolute atomic E-state index is 0.314. The van der Waals surface area contributed by atoms with E-state index in [0.29, 0.717) is 22.3 Å². The Kier molecular flexibility index (Phi) is 3.84. The molecule has 21 heavy (non-hydrogen) atoms. The zero-order valence-electron chi connectivity index (χ0n) is 12.6. The predicted molar refractivity (Wildman–Crippen MR) is 86.8 cm³/mol. The van der Waals surface area contributed by atoms with Crippen molar-refractivity contribution >= 4 is 28.3 Å². The fraction of sp³-hybridized carbons (Fsp3) is 0.250. The number of nitrogens with zero attached hydrogens (tertiary/aromatic N) is 2. The van der Waals surface area contributed by atoms with Gasteiger partial charge in [0, 0.05) is 23.5 Å². The van der Waals surface area contributed by atoms with Gasteiger partial charge in [-0.3, -0.25) is 9.36 Å². The van der Waals surface area contributed by atoms with Crippen LogP contribution in [0.3, 0.4) is 0 Å². The number of allylic oxidation sites excluding steroid dienone is 2. The fourth-order valence-corrected chi connectivity index (χ4v) is 2.27. The molecule has 0 radical (unpaired) electrons. The molecule has 0 saturated carbocycles. The number of nitrogens with one attached hydrogen (secondary N) is 1. The van der Waals surface area contributed by atoms with Gasteiger partial charge in [0.15, 0.2) is 0 Å². The molecule has 0 spiro atoms. The molecule has 1 heterocycles. The molecule has 1 aromatic carbocycles. The number of hydrogen-bond acceptors (Lipinski definition) is 3. The van der Waals surface area contributed by atoms with Gasteiger partial charge in [-0.25, -0.2) is 9.36 Å². The first-order chi connectivity index (χ1) is 9.88. The van der Waals surface area contributed by atoms with Gasteiger partial charge in [0.25, 0.3) is 5.91 Å². The number of aromatic nitrogens is 2. The van der Waals surface area contributed by atoms with Crippen molar-refractivity contribution in [3.8, 4) is 0 Å². The quantitative estimate of drug-likeness (QED) is 0.879. The van der Waals surface area contributed by atoms with Crippen LogP contribution in [0.1, 0.15) is 25.6 Å². The number of carbonyl (C=O) groups excluding carboxylic acids is 1. The first-order valence-corrected chi connectivity index (χ1v) is 6.76. The van der Waals surface area contributed by atoms with E-state index >= 15 is 0 Å². The summed E-state index contributed by atoms with van der Waals surface area (Å²) in [6.45, 7) is 13.5. The summed E-state index contributed by atoms with van der Waals surface area (Å²) >= 11 is 0. The molecule has 1 N–H and O–H groups in total. The van der Waals surface area contributed by atoms with Gasteiger partial charge in [0.1, 0.15) is 0 Å².